The van der Waals surface area contributed by atoms with Crippen molar-refractivity contribution >= 4 is 11.9 Å². The molecule has 0 fully saturated rings. The van der Waals surface area contributed by atoms with Crippen molar-refractivity contribution in [1.82, 2.24) is 10.2 Å². The van der Waals surface area contributed by atoms with Crippen molar-refractivity contribution < 1.29 is 10.0 Å². The molecule has 6 nitrogen and oxygen atoms in total. The van der Waals surface area contributed by atoms with Gasteiger partial charge in [0.05, 0.1) is 6.54 Å². The van der Waals surface area contributed by atoms with Gasteiger partial charge in [-0.25, -0.2) is 4.79 Å². The minimum Gasteiger partial charge on any atom is -0.409 e. The van der Waals surface area contributed by atoms with E-state index in [9.17, 15) is 4.79 Å². The Labute approximate surface area is 77.4 Å². The van der Waals surface area contributed by atoms with Gasteiger partial charge in [-0.1, -0.05) is 5.16 Å². The van der Waals surface area contributed by atoms with Crippen LogP contribution < -0.4 is 11.1 Å². The minimum atomic E-state index is -0.249. The van der Waals surface area contributed by atoms with Gasteiger partial charge in [-0.05, 0) is 13.8 Å². The highest BCUT2D eigenvalue weighted by Crippen LogP contribution is 1.97. The smallest absolute Gasteiger partial charge is 0.317 e. The lowest BCUT2D eigenvalue weighted by molar-refractivity contribution is 0.193. The first-order valence-corrected chi connectivity index (χ1v) is 3.97. The normalized spacial score (nSPS) is 11.5. The molecule has 0 aliphatic rings. The number of carbonyl (C=O) groups is 1. The Bertz CT molecular complexity index is 203. The highest BCUT2D eigenvalue weighted by Gasteiger charge is 2.16. The minimum absolute atomic E-state index is 0.000231. The molecule has 0 heterocycles. The van der Waals surface area contributed by atoms with Gasteiger partial charge in [0, 0.05) is 13.1 Å². The molecule has 0 rings (SSSR count). The van der Waals surface area contributed by atoms with Crippen LogP contribution in [-0.2, 0) is 0 Å². The summed E-state index contributed by atoms with van der Waals surface area (Å²) >= 11 is 0. The van der Waals surface area contributed by atoms with E-state index in [4.69, 9.17) is 10.9 Å². The first-order valence-electron chi connectivity index (χ1n) is 3.97. The Kier molecular flexibility index (Phi) is 4.64. The van der Waals surface area contributed by atoms with E-state index in [0.29, 0.717) is 0 Å². The molecule has 0 aliphatic heterocycles. The largest absolute Gasteiger partial charge is 0.409 e. The molecular formula is C7H16N4O2. The van der Waals surface area contributed by atoms with Crippen LogP contribution in [0.1, 0.15) is 13.8 Å². The van der Waals surface area contributed by atoms with Crippen LogP contribution in [0.5, 0.6) is 0 Å². The number of amidine groups is 1. The third kappa shape index (κ3) is 3.64. The second-order valence-electron chi connectivity index (χ2n) is 2.87. The zero-order chi connectivity index (χ0) is 10.4. The third-order valence-corrected chi connectivity index (χ3v) is 1.56. The van der Waals surface area contributed by atoms with Crippen LogP contribution in [0.3, 0.4) is 0 Å². The van der Waals surface area contributed by atoms with Gasteiger partial charge in [0.25, 0.3) is 0 Å². The molecule has 2 amide bonds. The van der Waals surface area contributed by atoms with E-state index in [2.05, 4.69) is 10.5 Å². The number of carbonyl (C=O) groups excluding carboxylic acids is 1. The number of hydrogen-bond donors (Lipinski definition) is 3. The van der Waals surface area contributed by atoms with Gasteiger partial charge in [-0.15, -0.1) is 0 Å². The second kappa shape index (κ2) is 5.23. The molecule has 0 spiro atoms. The Morgan fingerprint density at radius 2 is 2.23 bits per heavy atom. The number of oxime groups is 1. The maximum absolute atomic E-state index is 11.2. The summed E-state index contributed by atoms with van der Waals surface area (Å²) in [5.74, 6) is 0.0114. The van der Waals surface area contributed by atoms with Gasteiger partial charge in [-0.3, -0.25) is 0 Å². The van der Waals surface area contributed by atoms with E-state index in [1.54, 1.807) is 0 Å². The maximum Gasteiger partial charge on any atom is 0.317 e. The molecular weight excluding hydrogens is 172 g/mol. The first-order chi connectivity index (χ1) is 6.02. The van der Waals surface area contributed by atoms with Gasteiger partial charge >= 0.3 is 6.03 Å². The predicted molar refractivity (Wildman–Crippen MR) is 49.7 cm³/mol. The third-order valence-electron chi connectivity index (χ3n) is 1.56. The number of nitrogens with two attached hydrogens (primary N) is 1. The van der Waals surface area contributed by atoms with E-state index in [1.165, 1.54) is 11.9 Å². The van der Waals surface area contributed by atoms with E-state index < -0.39 is 0 Å². The van der Waals surface area contributed by atoms with E-state index in [1.807, 2.05) is 13.8 Å². The average molecular weight is 188 g/mol. The van der Waals surface area contributed by atoms with Crippen molar-refractivity contribution in [1.29, 1.82) is 0 Å². The van der Waals surface area contributed by atoms with Crippen molar-refractivity contribution in [3.63, 3.8) is 0 Å². The maximum atomic E-state index is 11.2. The molecule has 0 unspecified atom stereocenters. The summed E-state index contributed by atoms with van der Waals surface area (Å²) in [6, 6.07) is -0.248. The molecule has 0 atom stereocenters. The zero-order valence-corrected chi connectivity index (χ0v) is 8.11. The van der Waals surface area contributed by atoms with Gasteiger partial charge in [0.2, 0.25) is 0 Å². The summed E-state index contributed by atoms with van der Waals surface area (Å²) in [5.41, 5.74) is 5.28. The summed E-state index contributed by atoms with van der Waals surface area (Å²) < 4.78 is 0. The number of nitrogens with one attached hydrogen (secondary N) is 1. The van der Waals surface area contributed by atoms with Crippen LogP contribution in [-0.4, -0.2) is 41.6 Å². The van der Waals surface area contributed by atoms with Crippen LogP contribution in [0.25, 0.3) is 0 Å². The summed E-state index contributed by atoms with van der Waals surface area (Å²) in [7, 11) is 1.53. The zero-order valence-electron chi connectivity index (χ0n) is 8.11. The number of hydrogen-bond acceptors (Lipinski definition) is 3. The summed E-state index contributed by atoms with van der Waals surface area (Å²) in [6.07, 6.45) is 0. The topological polar surface area (TPSA) is 91.0 Å². The highest BCUT2D eigenvalue weighted by atomic mass is 16.4. The first kappa shape index (κ1) is 11.5. The lowest BCUT2D eigenvalue weighted by atomic mass is 10.3. The van der Waals surface area contributed by atoms with Crippen LogP contribution in [0, 0.1) is 0 Å². The van der Waals surface area contributed by atoms with Gasteiger partial charge in [0.1, 0.15) is 0 Å². The molecule has 0 saturated heterocycles. The Balaban J connectivity index is 4.35. The van der Waals surface area contributed by atoms with Crippen molar-refractivity contribution in [2.24, 2.45) is 10.9 Å². The Morgan fingerprint density at radius 1 is 1.69 bits per heavy atom. The molecule has 6 heteroatoms. The monoisotopic (exact) mass is 188 g/mol. The van der Waals surface area contributed by atoms with Crippen LogP contribution >= 0.6 is 0 Å². The van der Waals surface area contributed by atoms with Gasteiger partial charge in [-0.2, -0.15) is 0 Å². The van der Waals surface area contributed by atoms with Gasteiger partial charge in [0.15, 0.2) is 5.84 Å². The highest BCUT2D eigenvalue weighted by molar-refractivity contribution is 5.86. The molecule has 4 N–H and O–H groups in total. The fraction of sp³-hybridized carbons (Fsp3) is 0.714. The van der Waals surface area contributed by atoms with Crippen LogP contribution in [0.2, 0.25) is 0 Å². The standard InChI is InChI=1S/C7H16N4O2/c1-5(2)11(7(12)9-3)4-6(8)10-13/h5,13H,4H2,1-3H3,(H2,8,10)(H,9,12). The van der Waals surface area contributed by atoms with Crippen molar-refractivity contribution in [2.45, 2.75) is 19.9 Å². The lowest BCUT2D eigenvalue weighted by Gasteiger charge is -2.25. The van der Waals surface area contributed by atoms with Crippen molar-refractivity contribution in [2.75, 3.05) is 13.6 Å². The van der Waals surface area contributed by atoms with Crippen molar-refractivity contribution in [3.05, 3.63) is 0 Å². The van der Waals surface area contributed by atoms with Gasteiger partial charge < -0.3 is 21.2 Å². The van der Waals surface area contributed by atoms with E-state index >= 15 is 0 Å². The molecule has 0 aliphatic carbocycles. The molecule has 0 saturated carbocycles. The molecule has 76 valence electrons. The quantitative estimate of drug-likeness (QED) is 0.247. The fourth-order valence-electron chi connectivity index (χ4n) is 0.839. The van der Waals surface area contributed by atoms with E-state index in [-0.39, 0.29) is 24.5 Å². The predicted octanol–water partition coefficient (Wildman–Crippen LogP) is -0.217. The number of nitrogens with zero attached hydrogens (tertiary/aromatic N) is 2. The van der Waals surface area contributed by atoms with Crippen LogP contribution in [0.4, 0.5) is 4.79 Å². The molecule has 0 aromatic heterocycles. The number of rotatable bonds is 3. The summed E-state index contributed by atoms with van der Waals surface area (Å²) in [5, 5.41) is 13.6. The second-order valence-corrected chi connectivity index (χ2v) is 2.87. The SMILES string of the molecule is CNC(=O)N(CC(N)=NO)C(C)C. The van der Waals surface area contributed by atoms with Crippen LogP contribution in [0.15, 0.2) is 5.16 Å². The molecule has 0 bridgehead atoms. The lowest BCUT2D eigenvalue weighted by Crippen LogP contribution is -2.46. The Hall–Kier alpha value is -1.46. The van der Waals surface area contributed by atoms with Crippen molar-refractivity contribution in [3.8, 4) is 0 Å². The number of amides is 2. The summed E-state index contributed by atoms with van der Waals surface area (Å²) in [4.78, 5) is 12.7. The average Bonchev–Trinajstić information content (AvgIpc) is 2.11. The molecule has 13 heavy (non-hydrogen) atoms. The Morgan fingerprint density at radius 3 is 2.54 bits per heavy atom. The van der Waals surface area contributed by atoms with E-state index in [0.717, 1.165) is 0 Å². The molecule has 0 radical (unpaired) electrons. The fourth-order valence-corrected chi connectivity index (χ4v) is 0.839. The molecule has 0 aromatic carbocycles. The number of urea groups is 1. The molecule has 0 aromatic rings. The summed E-state index contributed by atoms with van der Waals surface area (Å²) in [6.45, 7) is 3.81.